The first-order chi connectivity index (χ1) is 8.16. The van der Waals surface area contributed by atoms with Crippen LogP contribution in [-0.2, 0) is 9.53 Å². The van der Waals surface area contributed by atoms with E-state index in [0.717, 1.165) is 51.4 Å². The second-order valence-electron chi connectivity index (χ2n) is 5.02. The van der Waals surface area contributed by atoms with Crippen molar-refractivity contribution < 1.29 is 9.53 Å². The molecule has 0 spiro atoms. The van der Waals surface area contributed by atoms with Crippen LogP contribution in [0.1, 0.15) is 79.1 Å². The predicted octanol–water partition coefficient (Wildman–Crippen LogP) is 4.88. The van der Waals surface area contributed by atoms with Crippen molar-refractivity contribution in [3.05, 3.63) is 0 Å². The molecule has 0 atom stereocenters. The Kier molecular flexibility index (Phi) is 12.6. The van der Waals surface area contributed by atoms with Crippen LogP contribution in [0.15, 0.2) is 0 Å². The Morgan fingerprint density at radius 3 is 1.83 bits per heavy atom. The number of ether oxygens (including phenoxy) is 1. The van der Waals surface area contributed by atoms with Gasteiger partial charge in [-0.3, -0.25) is 4.79 Å². The fourth-order valence-electron chi connectivity index (χ4n) is 2.50. The van der Waals surface area contributed by atoms with Gasteiger partial charge >= 0.3 is 5.97 Å². The van der Waals surface area contributed by atoms with Crippen molar-refractivity contribution in [3.8, 4) is 0 Å². The Hall–Kier alpha value is -0.570. The van der Waals surface area contributed by atoms with Gasteiger partial charge in [0.05, 0.1) is 12.0 Å². The molecular weight excluding hydrogens is 226 g/mol. The fraction of sp³-hybridized carbons (Fsp3) is 0.933. The van der Waals surface area contributed by atoms with Crippen molar-refractivity contribution in [2.24, 2.45) is 5.41 Å². The lowest BCUT2D eigenvalue weighted by atomic mass is 9.75. The molecule has 0 aromatic rings. The summed E-state index contributed by atoms with van der Waals surface area (Å²) in [6, 6.07) is 0. The van der Waals surface area contributed by atoms with E-state index in [1.165, 1.54) is 0 Å². The summed E-state index contributed by atoms with van der Waals surface area (Å²) in [6.07, 6.45) is 8.25. The van der Waals surface area contributed by atoms with Crippen LogP contribution >= 0.6 is 0 Å². The number of carbonyl (C=O) groups is 1. The molecule has 0 rings (SSSR count). The van der Waals surface area contributed by atoms with Gasteiger partial charge in [0.25, 0.3) is 0 Å². The number of rotatable bonds is 10. The second kappa shape index (κ2) is 11.5. The van der Waals surface area contributed by atoms with E-state index >= 15 is 0 Å². The summed E-state index contributed by atoms with van der Waals surface area (Å²) in [5, 5.41) is 0. The average Bonchev–Trinajstić information content (AvgIpc) is 2.33. The van der Waals surface area contributed by atoms with Crippen LogP contribution in [-0.4, -0.2) is 12.6 Å². The van der Waals surface area contributed by atoms with Crippen LogP contribution in [0.4, 0.5) is 0 Å². The molecule has 3 N–H and O–H groups in total. The fourth-order valence-corrected chi connectivity index (χ4v) is 2.50. The normalized spacial score (nSPS) is 10.9. The summed E-state index contributed by atoms with van der Waals surface area (Å²) in [6.45, 7) is 9.10. The third-order valence-corrected chi connectivity index (χ3v) is 3.34. The lowest BCUT2D eigenvalue weighted by molar-refractivity contribution is -0.157. The average molecular weight is 259 g/mol. The lowest BCUT2D eigenvalue weighted by Gasteiger charge is -2.31. The first kappa shape index (κ1) is 19.8. The summed E-state index contributed by atoms with van der Waals surface area (Å²) < 4.78 is 5.42. The molecule has 0 amide bonds. The lowest BCUT2D eigenvalue weighted by Crippen LogP contribution is -2.33. The largest absolute Gasteiger partial charge is 0.465 e. The molecule has 0 fully saturated rings. The zero-order chi connectivity index (χ0) is 13.1. The number of unbranched alkanes of at least 4 members (excludes halogenated alkanes) is 1. The molecule has 0 aliphatic heterocycles. The molecule has 0 bridgehead atoms. The molecule has 0 radical (unpaired) electrons. The minimum atomic E-state index is -0.200. The number of carbonyl (C=O) groups excluding carboxylic acids is 1. The quantitative estimate of drug-likeness (QED) is 0.569. The van der Waals surface area contributed by atoms with Gasteiger partial charge in [0.2, 0.25) is 0 Å². The summed E-state index contributed by atoms with van der Waals surface area (Å²) in [7, 11) is 0. The van der Waals surface area contributed by atoms with Crippen LogP contribution in [0.25, 0.3) is 0 Å². The first-order valence-corrected chi connectivity index (χ1v) is 7.34. The molecular formula is C15H33NO2. The Labute approximate surface area is 113 Å². The van der Waals surface area contributed by atoms with Gasteiger partial charge in [-0.15, -0.1) is 0 Å². The van der Waals surface area contributed by atoms with Crippen molar-refractivity contribution in [1.82, 2.24) is 6.15 Å². The zero-order valence-corrected chi connectivity index (χ0v) is 12.9. The standard InChI is InChI=1S/C15H30O2.H3N/c1-5-9-12-15(10-6-2,11-7-3)14(16)17-13-8-4;/h5-13H2,1-4H3;1H3. The highest BCUT2D eigenvalue weighted by atomic mass is 16.5. The number of hydrogen-bond acceptors (Lipinski definition) is 3. The Bertz CT molecular complexity index is 199. The van der Waals surface area contributed by atoms with Crippen molar-refractivity contribution in [1.29, 1.82) is 0 Å². The summed E-state index contributed by atoms with van der Waals surface area (Å²) in [5.74, 6) is 0.0523. The van der Waals surface area contributed by atoms with Gasteiger partial charge in [0.1, 0.15) is 0 Å². The maximum atomic E-state index is 12.3. The molecule has 0 aliphatic carbocycles. The van der Waals surface area contributed by atoms with Crippen LogP contribution in [0.3, 0.4) is 0 Å². The molecule has 0 aromatic carbocycles. The van der Waals surface area contributed by atoms with Gasteiger partial charge in [0, 0.05) is 0 Å². The minimum absolute atomic E-state index is 0. The molecule has 0 saturated heterocycles. The second-order valence-corrected chi connectivity index (χ2v) is 5.02. The molecule has 0 unspecified atom stereocenters. The highest BCUT2D eigenvalue weighted by Crippen LogP contribution is 2.37. The van der Waals surface area contributed by atoms with Gasteiger partial charge < -0.3 is 10.9 Å². The SMILES string of the molecule is CCCCC(CCC)(CCC)C(=O)OCCC.N. The molecule has 0 aromatic heterocycles. The van der Waals surface area contributed by atoms with Crippen molar-refractivity contribution in [2.75, 3.05) is 6.61 Å². The molecule has 0 aliphatic rings. The third kappa shape index (κ3) is 6.39. The summed E-state index contributed by atoms with van der Waals surface area (Å²) in [5.41, 5.74) is -0.200. The summed E-state index contributed by atoms with van der Waals surface area (Å²) in [4.78, 5) is 12.3. The molecule has 18 heavy (non-hydrogen) atoms. The molecule has 110 valence electrons. The predicted molar refractivity (Wildman–Crippen MR) is 78.0 cm³/mol. The first-order valence-electron chi connectivity index (χ1n) is 7.34. The van der Waals surface area contributed by atoms with E-state index in [-0.39, 0.29) is 17.5 Å². The Balaban J connectivity index is 0. The van der Waals surface area contributed by atoms with E-state index in [0.29, 0.717) is 6.61 Å². The minimum Gasteiger partial charge on any atom is -0.465 e. The van der Waals surface area contributed by atoms with Crippen molar-refractivity contribution >= 4 is 5.97 Å². The highest BCUT2D eigenvalue weighted by Gasteiger charge is 2.37. The maximum absolute atomic E-state index is 12.3. The van der Waals surface area contributed by atoms with E-state index in [4.69, 9.17) is 4.74 Å². The van der Waals surface area contributed by atoms with Gasteiger partial charge in [-0.1, -0.05) is 53.4 Å². The van der Waals surface area contributed by atoms with Crippen LogP contribution in [0, 0.1) is 5.41 Å². The van der Waals surface area contributed by atoms with E-state index in [1.807, 2.05) is 6.92 Å². The van der Waals surface area contributed by atoms with Gasteiger partial charge in [-0.2, -0.15) is 0 Å². The smallest absolute Gasteiger partial charge is 0.312 e. The Morgan fingerprint density at radius 1 is 0.889 bits per heavy atom. The van der Waals surface area contributed by atoms with Crippen molar-refractivity contribution in [2.45, 2.75) is 79.1 Å². The maximum Gasteiger partial charge on any atom is 0.312 e. The van der Waals surface area contributed by atoms with E-state index in [9.17, 15) is 4.79 Å². The molecule has 3 nitrogen and oxygen atoms in total. The van der Waals surface area contributed by atoms with Gasteiger partial charge in [-0.05, 0) is 25.7 Å². The Morgan fingerprint density at radius 2 is 1.44 bits per heavy atom. The summed E-state index contributed by atoms with van der Waals surface area (Å²) >= 11 is 0. The molecule has 0 heterocycles. The molecule has 0 saturated carbocycles. The monoisotopic (exact) mass is 259 g/mol. The topological polar surface area (TPSA) is 61.3 Å². The zero-order valence-electron chi connectivity index (χ0n) is 12.9. The number of esters is 1. The molecule has 3 heteroatoms. The van der Waals surface area contributed by atoms with Crippen LogP contribution in [0.2, 0.25) is 0 Å². The number of hydrogen-bond donors (Lipinski definition) is 1. The van der Waals surface area contributed by atoms with Gasteiger partial charge in [-0.25, -0.2) is 0 Å². The highest BCUT2D eigenvalue weighted by molar-refractivity contribution is 5.76. The van der Waals surface area contributed by atoms with Gasteiger partial charge in [0.15, 0.2) is 0 Å². The third-order valence-electron chi connectivity index (χ3n) is 3.34. The van der Waals surface area contributed by atoms with Crippen LogP contribution < -0.4 is 6.15 Å². The van der Waals surface area contributed by atoms with E-state index in [1.54, 1.807) is 0 Å². The van der Waals surface area contributed by atoms with E-state index in [2.05, 4.69) is 20.8 Å². The van der Waals surface area contributed by atoms with E-state index < -0.39 is 0 Å². The van der Waals surface area contributed by atoms with Crippen molar-refractivity contribution in [3.63, 3.8) is 0 Å². The van der Waals surface area contributed by atoms with Crippen LogP contribution in [0.5, 0.6) is 0 Å².